The molecule has 0 unspecified atom stereocenters. The van der Waals surface area contributed by atoms with Crippen LogP contribution in [0, 0.1) is 11.3 Å². The third kappa shape index (κ3) is 1.99. The molecule has 1 rings (SSSR count). The van der Waals surface area contributed by atoms with Gasteiger partial charge >= 0.3 is 5.97 Å². The average molecular weight is 226 g/mol. The molecule has 6 heteroatoms. The predicted octanol–water partition coefficient (Wildman–Crippen LogP) is 1.65. The highest BCUT2D eigenvalue weighted by molar-refractivity contribution is 5.90. The summed E-state index contributed by atoms with van der Waals surface area (Å²) in [5.41, 5.74) is 3.91. The number of nitrogens with two attached hydrogens (primary N) is 1. The first-order valence-electron chi connectivity index (χ1n) is 4.30. The van der Waals surface area contributed by atoms with Gasteiger partial charge in [-0.1, -0.05) is 0 Å². The van der Waals surface area contributed by atoms with Gasteiger partial charge in [-0.25, -0.2) is 13.6 Å². The summed E-state index contributed by atoms with van der Waals surface area (Å²) in [6.45, 7) is -0.350. The molecule has 0 aliphatic heterocycles. The number of alkyl halides is 2. The highest BCUT2D eigenvalue weighted by Gasteiger charge is 2.22. The molecule has 84 valence electrons. The summed E-state index contributed by atoms with van der Waals surface area (Å²) in [5, 5.41) is 17.4. The second-order valence-electron chi connectivity index (χ2n) is 2.97. The van der Waals surface area contributed by atoms with Gasteiger partial charge in [-0.3, -0.25) is 0 Å². The van der Waals surface area contributed by atoms with Crippen LogP contribution in [0.1, 0.15) is 33.5 Å². The van der Waals surface area contributed by atoms with Gasteiger partial charge in [0.25, 0.3) is 6.43 Å². The van der Waals surface area contributed by atoms with Gasteiger partial charge in [0.1, 0.15) is 0 Å². The molecule has 0 bridgehead atoms. The molecule has 0 aromatic heterocycles. The third-order valence-electron chi connectivity index (χ3n) is 2.13. The van der Waals surface area contributed by atoms with Crippen LogP contribution in [0.4, 0.5) is 8.78 Å². The van der Waals surface area contributed by atoms with E-state index in [-0.39, 0.29) is 23.2 Å². The lowest BCUT2D eigenvalue weighted by atomic mass is 9.96. The summed E-state index contributed by atoms with van der Waals surface area (Å²) in [4.78, 5) is 10.8. The molecule has 3 N–H and O–H groups in total. The standard InChI is InChI=1S/C10H8F2N2O2/c11-9(12)8-5(3-13)1-2-6(10(15)16)7(8)4-14/h1-2,9H,4,14H2,(H,15,16). The number of carboxylic acid groups (broad SMARTS) is 1. The number of hydrogen-bond acceptors (Lipinski definition) is 3. The van der Waals surface area contributed by atoms with E-state index in [0.29, 0.717) is 0 Å². The molecule has 0 aliphatic carbocycles. The van der Waals surface area contributed by atoms with Crippen LogP contribution in [-0.2, 0) is 6.54 Å². The Balaban J connectivity index is 3.57. The summed E-state index contributed by atoms with van der Waals surface area (Å²) in [6, 6.07) is 3.76. The Bertz CT molecular complexity index is 467. The van der Waals surface area contributed by atoms with Crippen molar-refractivity contribution in [3.05, 3.63) is 34.4 Å². The molecule has 0 atom stereocenters. The van der Waals surface area contributed by atoms with Crippen molar-refractivity contribution in [1.29, 1.82) is 5.26 Å². The van der Waals surface area contributed by atoms with Crippen molar-refractivity contribution < 1.29 is 18.7 Å². The minimum absolute atomic E-state index is 0.193. The lowest BCUT2D eigenvalue weighted by Crippen LogP contribution is -2.12. The predicted molar refractivity (Wildman–Crippen MR) is 51.0 cm³/mol. The van der Waals surface area contributed by atoms with Crippen LogP contribution in [0.3, 0.4) is 0 Å². The minimum atomic E-state index is -2.92. The van der Waals surface area contributed by atoms with E-state index >= 15 is 0 Å². The number of carbonyl (C=O) groups is 1. The molecule has 4 nitrogen and oxygen atoms in total. The Kier molecular flexibility index (Phi) is 3.53. The van der Waals surface area contributed by atoms with Crippen molar-refractivity contribution in [2.24, 2.45) is 5.73 Å². The van der Waals surface area contributed by atoms with Crippen LogP contribution < -0.4 is 5.73 Å². The summed E-state index contributed by atoms with van der Waals surface area (Å²) in [5.74, 6) is -1.34. The van der Waals surface area contributed by atoms with Gasteiger partial charge in [-0.2, -0.15) is 5.26 Å². The number of aromatic carboxylic acids is 1. The molecule has 0 spiro atoms. The quantitative estimate of drug-likeness (QED) is 0.820. The van der Waals surface area contributed by atoms with Gasteiger partial charge in [-0.05, 0) is 17.7 Å². The van der Waals surface area contributed by atoms with Crippen molar-refractivity contribution in [3.8, 4) is 6.07 Å². The Morgan fingerprint density at radius 1 is 1.56 bits per heavy atom. The van der Waals surface area contributed by atoms with Gasteiger partial charge in [0.2, 0.25) is 0 Å². The SMILES string of the molecule is N#Cc1ccc(C(=O)O)c(CN)c1C(F)F. The first-order valence-corrected chi connectivity index (χ1v) is 4.30. The zero-order valence-electron chi connectivity index (χ0n) is 8.08. The van der Waals surface area contributed by atoms with Gasteiger partial charge in [0, 0.05) is 12.1 Å². The lowest BCUT2D eigenvalue weighted by Gasteiger charge is -2.11. The molecular formula is C10H8F2N2O2. The topological polar surface area (TPSA) is 87.1 Å². The van der Waals surface area contributed by atoms with Gasteiger partial charge < -0.3 is 10.8 Å². The van der Waals surface area contributed by atoms with E-state index in [1.807, 2.05) is 0 Å². The van der Waals surface area contributed by atoms with Crippen molar-refractivity contribution in [2.75, 3.05) is 0 Å². The van der Waals surface area contributed by atoms with Crippen molar-refractivity contribution in [3.63, 3.8) is 0 Å². The molecule has 0 heterocycles. The number of carboxylic acids is 1. The molecule has 0 radical (unpaired) electrons. The largest absolute Gasteiger partial charge is 0.478 e. The number of rotatable bonds is 3. The van der Waals surface area contributed by atoms with Crippen LogP contribution in [0.25, 0.3) is 0 Å². The maximum atomic E-state index is 12.7. The third-order valence-corrected chi connectivity index (χ3v) is 2.13. The van der Waals surface area contributed by atoms with E-state index in [0.717, 1.165) is 12.1 Å². The monoisotopic (exact) mass is 226 g/mol. The summed E-state index contributed by atoms with van der Waals surface area (Å²) >= 11 is 0. The maximum absolute atomic E-state index is 12.7. The van der Waals surface area contributed by atoms with Crippen molar-refractivity contribution in [2.45, 2.75) is 13.0 Å². The molecule has 1 aromatic carbocycles. The van der Waals surface area contributed by atoms with Gasteiger partial charge in [-0.15, -0.1) is 0 Å². The fraction of sp³-hybridized carbons (Fsp3) is 0.200. The zero-order chi connectivity index (χ0) is 12.3. The summed E-state index contributed by atoms with van der Waals surface area (Å²) in [6.07, 6.45) is -2.92. The number of benzene rings is 1. The molecule has 0 aliphatic rings. The summed E-state index contributed by atoms with van der Waals surface area (Å²) in [7, 11) is 0. The highest BCUT2D eigenvalue weighted by atomic mass is 19.3. The normalized spacial score (nSPS) is 10.2. The van der Waals surface area contributed by atoms with E-state index in [2.05, 4.69) is 0 Å². The number of nitrogens with zero attached hydrogens (tertiary/aromatic N) is 1. The molecular weight excluding hydrogens is 218 g/mol. The van der Waals surface area contributed by atoms with Gasteiger partial charge in [0.15, 0.2) is 0 Å². The first-order chi connectivity index (χ1) is 7.52. The molecule has 0 saturated carbocycles. The van der Waals surface area contributed by atoms with Crippen LogP contribution in [0.5, 0.6) is 0 Å². The Hall–Kier alpha value is -2.00. The minimum Gasteiger partial charge on any atom is -0.478 e. The van der Waals surface area contributed by atoms with Crippen LogP contribution in [0.15, 0.2) is 12.1 Å². The second kappa shape index (κ2) is 4.68. The molecule has 0 fully saturated rings. The van der Waals surface area contributed by atoms with E-state index in [4.69, 9.17) is 16.1 Å². The highest BCUT2D eigenvalue weighted by Crippen LogP contribution is 2.28. The fourth-order valence-corrected chi connectivity index (χ4v) is 1.43. The lowest BCUT2D eigenvalue weighted by molar-refractivity contribution is 0.0695. The smallest absolute Gasteiger partial charge is 0.336 e. The number of halogens is 2. The summed E-state index contributed by atoms with van der Waals surface area (Å²) < 4.78 is 25.4. The Labute approximate surface area is 89.9 Å². The van der Waals surface area contributed by atoms with Gasteiger partial charge in [0.05, 0.1) is 17.2 Å². The van der Waals surface area contributed by atoms with E-state index in [9.17, 15) is 13.6 Å². The second-order valence-corrected chi connectivity index (χ2v) is 2.97. The van der Waals surface area contributed by atoms with Crippen LogP contribution in [0.2, 0.25) is 0 Å². The zero-order valence-corrected chi connectivity index (χ0v) is 8.08. The number of nitriles is 1. The van der Waals surface area contributed by atoms with Crippen LogP contribution in [-0.4, -0.2) is 11.1 Å². The molecule has 1 aromatic rings. The molecule has 16 heavy (non-hydrogen) atoms. The number of hydrogen-bond donors (Lipinski definition) is 2. The molecule has 0 saturated heterocycles. The first kappa shape index (κ1) is 12.1. The van der Waals surface area contributed by atoms with Crippen molar-refractivity contribution in [1.82, 2.24) is 0 Å². The fourth-order valence-electron chi connectivity index (χ4n) is 1.43. The van der Waals surface area contributed by atoms with Crippen LogP contribution >= 0.6 is 0 Å². The van der Waals surface area contributed by atoms with E-state index < -0.39 is 18.0 Å². The Morgan fingerprint density at radius 3 is 2.56 bits per heavy atom. The average Bonchev–Trinajstić information content (AvgIpc) is 2.26. The van der Waals surface area contributed by atoms with E-state index in [1.165, 1.54) is 0 Å². The van der Waals surface area contributed by atoms with E-state index in [1.54, 1.807) is 6.07 Å². The maximum Gasteiger partial charge on any atom is 0.336 e. The Morgan fingerprint density at radius 2 is 2.19 bits per heavy atom. The molecule has 0 amide bonds. The van der Waals surface area contributed by atoms with Crippen molar-refractivity contribution >= 4 is 5.97 Å².